The summed E-state index contributed by atoms with van der Waals surface area (Å²) in [7, 11) is 5.48. The minimum Gasteiger partial charge on any atom is -0.363 e. The summed E-state index contributed by atoms with van der Waals surface area (Å²) in [4.78, 5) is 18.7. The Balaban J connectivity index is 1.85. The van der Waals surface area contributed by atoms with Crippen LogP contribution >= 0.6 is 0 Å². The average Bonchev–Trinajstić information content (AvgIpc) is 3.25. The van der Waals surface area contributed by atoms with Gasteiger partial charge in [0.2, 0.25) is 0 Å². The van der Waals surface area contributed by atoms with Crippen molar-refractivity contribution >= 4 is 5.82 Å². The molecule has 0 bridgehead atoms. The van der Waals surface area contributed by atoms with Crippen LogP contribution in [0.25, 0.3) is 27.9 Å². The molecule has 3 aromatic heterocycles. The maximum Gasteiger partial charge on any atom is 0.250 e. The fourth-order valence-corrected chi connectivity index (χ4v) is 3.32. The predicted octanol–water partition coefficient (Wildman–Crippen LogP) is 3.38. The van der Waals surface area contributed by atoms with Gasteiger partial charge in [-0.25, -0.2) is 14.1 Å². The van der Waals surface area contributed by atoms with Crippen molar-refractivity contribution in [1.82, 2.24) is 19.3 Å². The van der Waals surface area contributed by atoms with E-state index in [0.29, 0.717) is 11.3 Å². The van der Waals surface area contributed by atoms with E-state index in [1.165, 1.54) is 21.4 Å². The number of anilines is 1. The highest BCUT2D eigenvalue weighted by molar-refractivity contribution is 5.82. The Hall–Kier alpha value is -4.25. The lowest BCUT2D eigenvalue weighted by Gasteiger charge is -2.13. The van der Waals surface area contributed by atoms with Crippen LogP contribution in [0, 0.1) is 17.1 Å². The quantitative estimate of drug-likeness (QED) is 0.512. The van der Waals surface area contributed by atoms with E-state index < -0.39 is 5.82 Å². The van der Waals surface area contributed by atoms with Crippen LogP contribution in [0.2, 0.25) is 0 Å². The van der Waals surface area contributed by atoms with Gasteiger partial charge in [0.05, 0.1) is 11.9 Å². The second-order valence-corrected chi connectivity index (χ2v) is 7.27. The van der Waals surface area contributed by atoms with Gasteiger partial charge in [-0.3, -0.25) is 4.79 Å². The number of hydrogen-bond donors (Lipinski definition) is 0. The molecule has 0 saturated carbocycles. The second-order valence-electron chi connectivity index (χ2n) is 7.27. The van der Waals surface area contributed by atoms with Gasteiger partial charge < -0.3 is 9.47 Å². The van der Waals surface area contributed by atoms with E-state index in [-0.39, 0.29) is 11.1 Å². The zero-order valence-corrected chi connectivity index (χ0v) is 17.2. The summed E-state index contributed by atoms with van der Waals surface area (Å²) >= 11 is 0. The number of aryl methyl sites for hydroxylation is 1. The highest BCUT2D eigenvalue weighted by atomic mass is 19.1. The van der Waals surface area contributed by atoms with Gasteiger partial charge >= 0.3 is 0 Å². The molecule has 0 aliphatic rings. The molecule has 0 unspecified atom stereocenters. The third kappa shape index (κ3) is 3.69. The molecule has 31 heavy (non-hydrogen) atoms. The molecule has 4 rings (SSSR count). The van der Waals surface area contributed by atoms with Crippen molar-refractivity contribution in [3.05, 3.63) is 82.9 Å². The van der Waals surface area contributed by atoms with Crippen LogP contribution in [0.4, 0.5) is 10.2 Å². The van der Waals surface area contributed by atoms with E-state index in [1.807, 2.05) is 37.2 Å². The highest BCUT2D eigenvalue weighted by Gasteiger charge is 2.15. The van der Waals surface area contributed by atoms with Gasteiger partial charge in [0.15, 0.2) is 0 Å². The number of nitriles is 1. The zero-order valence-electron chi connectivity index (χ0n) is 17.2. The Morgan fingerprint density at radius 2 is 1.87 bits per heavy atom. The van der Waals surface area contributed by atoms with Crippen LogP contribution < -0.4 is 10.5 Å². The van der Waals surface area contributed by atoms with Crippen LogP contribution in [0.3, 0.4) is 0 Å². The lowest BCUT2D eigenvalue weighted by Crippen LogP contribution is -2.15. The molecule has 0 radical (unpaired) electrons. The Labute approximate surface area is 178 Å². The maximum absolute atomic E-state index is 14.0. The molecule has 7 nitrogen and oxygen atoms in total. The Kier molecular flexibility index (Phi) is 5.09. The first kappa shape index (κ1) is 20.0. The molecule has 0 aliphatic carbocycles. The monoisotopic (exact) mass is 414 g/mol. The summed E-state index contributed by atoms with van der Waals surface area (Å²) in [6.07, 6.45) is 6.78. The van der Waals surface area contributed by atoms with Gasteiger partial charge in [-0.1, -0.05) is 6.07 Å². The number of benzene rings is 1. The van der Waals surface area contributed by atoms with E-state index in [9.17, 15) is 14.4 Å². The van der Waals surface area contributed by atoms with Crippen molar-refractivity contribution in [1.29, 1.82) is 5.26 Å². The molecule has 1 aromatic carbocycles. The molecule has 8 heteroatoms. The summed E-state index contributed by atoms with van der Waals surface area (Å²) in [5.41, 5.74) is 3.09. The third-order valence-electron chi connectivity index (χ3n) is 4.99. The van der Waals surface area contributed by atoms with Gasteiger partial charge in [0.1, 0.15) is 23.3 Å². The molecular formula is C23H19FN6O. The van der Waals surface area contributed by atoms with Crippen molar-refractivity contribution in [3.8, 4) is 34.0 Å². The van der Waals surface area contributed by atoms with Crippen LogP contribution in [0.15, 0.2) is 66.0 Å². The normalized spacial score (nSPS) is 10.7. The number of hydrogen-bond acceptors (Lipinski definition) is 5. The van der Waals surface area contributed by atoms with E-state index in [2.05, 4.69) is 10.1 Å². The van der Waals surface area contributed by atoms with Crippen molar-refractivity contribution < 1.29 is 4.39 Å². The van der Waals surface area contributed by atoms with Crippen LogP contribution in [0.1, 0.15) is 5.56 Å². The number of pyridine rings is 2. The Bertz CT molecular complexity index is 1360. The van der Waals surface area contributed by atoms with Crippen molar-refractivity contribution in [2.75, 3.05) is 19.0 Å². The minimum absolute atomic E-state index is 0.0821. The lowest BCUT2D eigenvalue weighted by molar-refractivity contribution is 0.621. The fourth-order valence-electron chi connectivity index (χ4n) is 3.32. The Morgan fingerprint density at radius 1 is 1.06 bits per heavy atom. The van der Waals surface area contributed by atoms with Crippen LogP contribution in [0.5, 0.6) is 0 Å². The molecule has 0 aliphatic heterocycles. The molecule has 0 spiro atoms. The number of nitrogens with zero attached hydrogens (tertiary/aromatic N) is 6. The summed E-state index contributed by atoms with van der Waals surface area (Å²) in [5, 5.41) is 13.7. The highest BCUT2D eigenvalue weighted by Crippen LogP contribution is 2.31. The lowest BCUT2D eigenvalue weighted by atomic mass is 9.99. The first-order chi connectivity index (χ1) is 14.9. The van der Waals surface area contributed by atoms with Crippen molar-refractivity contribution in [2.24, 2.45) is 7.05 Å². The maximum atomic E-state index is 14.0. The van der Waals surface area contributed by atoms with E-state index in [0.717, 1.165) is 22.5 Å². The standard InChI is InChI=1S/C23H19FN6O/c1-28(2)22-8-7-15(11-26-22)17-9-23(31)29(3)14-19(17)16-12-27-30(13-16)21-6-4-5-20(24)18(21)10-25/h4-9,11-14H,1-3H3. The van der Waals surface area contributed by atoms with E-state index >= 15 is 0 Å². The minimum atomic E-state index is -0.605. The van der Waals surface area contributed by atoms with Gasteiger partial charge in [-0.2, -0.15) is 10.4 Å². The molecule has 0 fully saturated rings. The molecule has 0 amide bonds. The zero-order chi connectivity index (χ0) is 22.1. The summed E-state index contributed by atoms with van der Waals surface area (Å²) in [6, 6.07) is 11.6. The molecule has 0 atom stereocenters. The smallest absolute Gasteiger partial charge is 0.250 e. The van der Waals surface area contributed by atoms with Crippen molar-refractivity contribution in [2.45, 2.75) is 0 Å². The third-order valence-corrected chi connectivity index (χ3v) is 4.99. The molecule has 4 aromatic rings. The number of aromatic nitrogens is 4. The SMILES string of the molecule is CN(C)c1ccc(-c2cc(=O)n(C)cc2-c2cnn(-c3cccc(F)c3C#N)c2)cn1. The molecule has 3 heterocycles. The molecular weight excluding hydrogens is 395 g/mol. The fraction of sp³-hybridized carbons (Fsp3) is 0.130. The van der Waals surface area contributed by atoms with Crippen LogP contribution in [-0.4, -0.2) is 33.4 Å². The Morgan fingerprint density at radius 3 is 2.55 bits per heavy atom. The van der Waals surface area contributed by atoms with E-state index in [1.54, 1.807) is 44.0 Å². The van der Waals surface area contributed by atoms with Crippen LogP contribution in [-0.2, 0) is 7.05 Å². The van der Waals surface area contributed by atoms with Gasteiger partial charge in [-0.15, -0.1) is 0 Å². The number of halogens is 1. The second kappa shape index (κ2) is 7.88. The molecule has 0 N–H and O–H groups in total. The summed E-state index contributed by atoms with van der Waals surface area (Å²) < 4.78 is 17.0. The molecule has 154 valence electrons. The van der Waals surface area contributed by atoms with Gasteiger partial charge in [0, 0.05) is 62.5 Å². The number of rotatable bonds is 4. The average molecular weight is 414 g/mol. The van der Waals surface area contributed by atoms with Gasteiger partial charge in [0.25, 0.3) is 5.56 Å². The van der Waals surface area contributed by atoms with Gasteiger partial charge in [-0.05, 0) is 29.8 Å². The molecule has 0 saturated heterocycles. The topological polar surface area (TPSA) is 79.7 Å². The predicted molar refractivity (Wildman–Crippen MR) is 116 cm³/mol. The first-order valence-electron chi connectivity index (χ1n) is 9.47. The first-order valence-corrected chi connectivity index (χ1v) is 9.47. The van der Waals surface area contributed by atoms with E-state index in [4.69, 9.17) is 0 Å². The van der Waals surface area contributed by atoms with Crippen molar-refractivity contribution in [3.63, 3.8) is 0 Å². The largest absolute Gasteiger partial charge is 0.363 e. The summed E-state index contributed by atoms with van der Waals surface area (Å²) in [6.45, 7) is 0. The summed E-state index contributed by atoms with van der Waals surface area (Å²) in [5.74, 6) is 0.198.